The van der Waals surface area contributed by atoms with Crippen LogP contribution in [0.25, 0.3) is 11.5 Å². The lowest BCUT2D eigenvalue weighted by Gasteiger charge is -2.10. The van der Waals surface area contributed by atoms with E-state index in [4.69, 9.17) is 9.15 Å². The van der Waals surface area contributed by atoms with Crippen LogP contribution in [-0.2, 0) is 10.0 Å². The molecule has 0 saturated heterocycles. The number of aromatic nitrogens is 2. The van der Waals surface area contributed by atoms with E-state index in [9.17, 15) is 13.2 Å². The normalized spacial score (nSPS) is 11.0. The topological polar surface area (TPSA) is 123 Å². The van der Waals surface area contributed by atoms with E-state index in [1.54, 1.807) is 30.3 Å². The van der Waals surface area contributed by atoms with Gasteiger partial charge in [-0.1, -0.05) is 29.4 Å². The van der Waals surface area contributed by atoms with Gasteiger partial charge in [0.05, 0.1) is 12.0 Å². The Balaban J connectivity index is 1.47. The van der Waals surface area contributed by atoms with E-state index in [-0.39, 0.29) is 28.1 Å². The van der Waals surface area contributed by atoms with Crippen LogP contribution in [0.2, 0.25) is 0 Å². The maximum Gasteiger partial charge on any atom is 0.322 e. The maximum atomic E-state index is 12.6. The highest BCUT2D eigenvalue weighted by molar-refractivity contribution is 7.92. The van der Waals surface area contributed by atoms with Crippen molar-refractivity contribution in [3.8, 4) is 17.2 Å². The van der Waals surface area contributed by atoms with Crippen LogP contribution in [0.15, 0.2) is 88.2 Å². The van der Waals surface area contributed by atoms with E-state index < -0.39 is 15.9 Å². The van der Waals surface area contributed by atoms with Gasteiger partial charge >= 0.3 is 6.01 Å². The molecule has 9 nitrogen and oxygen atoms in total. The second-order valence-corrected chi connectivity index (χ2v) is 8.28. The number of carbonyl (C=O) groups excluding carboxylic acids is 1. The number of carbonyl (C=O) groups is 1. The Kier molecular flexibility index (Phi) is 5.86. The summed E-state index contributed by atoms with van der Waals surface area (Å²) in [6.45, 7) is 0. The molecule has 0 aliphatic carbocycles. The van der Waals surface area contributed by atoms with Gasteiger partial charge in [0.25, 0.3) is 15.9 Å². The van der Waals surface area contributed by atoms with Crippen LogP contribution in [-0.4, -0.2) is 31.6 Å². The third-order valence-electron chi connectivity index (χ3n) is 4.41. The highest BCUT2D eigenvalue weighted by Crippen LogP contribution is 2.22. The van der Waals surface area contributed by atoms with E-state index in [1.807, 2.05) is 18.2 Å². The summed E-state index contributed by atoms with van der Waals surface area (Å²) >= 11 is 0. The molecule has 0 atom stereocenters. The average Bonchev–Trinajstić information content (AvgIpc) is 3.28. The Morgan fingerprint density at radius 2 is 1.69 bits per heavy atom. The summed E-state index contributed by atoms with van der Waals surface area (Å²) in [5, 5.41) is 10.2. The Morgan fingerprint density at radius 1 is 0.938 bits per heavy atom. The van der Waals surface area contributed by atoms with Crippen LogP contribution >= 0.6 is 0 Å². The van der Waals surface area contributed by atoms with Gasteiger partial charge in [-0.2, -0.15) is 0 Å². The first kappa shape index (κ1) is 21.1. The third-order valence-corrected chi connectivity index (χ3v) is 5.81. The second kappa shape index (κ2) is 8.90. The lowest BCUT2D eigenvalue weighted by Crippen LogP contribution is -2.15. The van der Waals surface area contributed by atoms with Gasteiger partial charge in [-0.05, 0) is 54.6 Å². The largest absolute Gasteiger partial charge is 0.497 e. The molecule has 32 heavy (non-hydrogen) atoms. The van der Waals surface area contributed by atoms with Crippen LogP contribution in [0.4, 0.5) is 11.7 Å². The zero-order valence-electron chi connectivity index (χ0n) is 16.8. The number of methoxy groups -OCH3 is 1. The summed E-state index contributed by atoms with van der Waals surface area (Å²) in [5.41, 5.74) is 1.15. The molecule has 1 amide bonds. The number of nitrogens with one attached hydrogen (secondary N) is 2. The van der Waals surface area contributed by atoms with Gasteiger partial charge in [-0.3, -0.25) is 14.8 Å². The molecule has 162 valence electrons. The van der Waals surface area contributed by atoms with Crippen LogP contribution in [0.5, 0.6) is 5.75 Å². The third kappa shape index (κ3) is 4.76. The molecule has 0 aliphatic rings. The van der Waals surface area contributed by atoms with E-state index in [0.717, 1.165) is 5.56 Å². The number of ether oxygens (including phenoxy) is 1. The highest BCUT2D eigenvalue weighted by atomic mass is 32.2. The molecule has 0 bridgehead atoms. The van der Waals surface area contributed by atoms with E-state index in [2.05, 4.69) is 20.2 Å². The van der Waals surface area contributed by atoms with Gasteiger partial charge < -0.3 is 9.15 Å². The fourth-order valence-electron chi connectivity index (χ4n) is 2.83. The monoisotopic (exact) mass is 450 g/mol. The molecule has 1 heterocycles. The van der Waals surface area contributed by atoms with Gasteiger partial charge in [0, 0.05) is 16.8 Å². The number of rotatable bonds is 7. The molecule has 2 N–H and O–H groups in total. The molecule has 0 spiro atoms. The Bertz CT molecular complexity index is 1340. The molecule has 0 unspecified atom stereocenters. The number of hydrogen-bond donors (Lipinski definition) is 2. The first-order valence-electron chi connectivity index (χ1n) is 9.42. The van der Waals surface area contributed by atoms with Gasteiger partial charge in [0.2, 0.25) is 5.89 Å². The number of anilines is 2. The minimum Gasteiger partial charge on any atom is -0.497 e. The summed E-state index contributed by atoms with van der Waals surface area (Å²) in [5.74, 6) is 0.278. The van der Waals surface area contributed by atoms with Crippen molar-refractivity contribution in [3.63, 3.8) is 0 Å². The van der Waals surface area contributed by atoms with E-state index in [1.165, 1.54) is 37.4 Å². The predicted octanol–water partition coefficient (Wildman–Crippen LogP) is 3.80. The standard InChI is InChI=1S/C22H18N4O5S/c1-30-18-10-12-19(13-11-18)32(28,29)26-17-9-5-8-16(14-17)20(27)23-22-25-24-21(31-22)15-6-3-2-4-7-15/h2-14,26H,1H3,(H,23,25,27). The van der Waals surface area contributed by atoms with Gasteiger partial charge in [0.1, 0.15) is 5.75 Å². The van der Waals surface area contributed by atoms with Gasteiger partial charge in [-0.25, -0.2) is 8.42 Å². The number of hydrogen-bond acceptors (Lipinski definition) is 7. The quantitative estimate of drug-likeness (QED) is 0.439. The van der Waals surface area contributed by atoms with Crippen molar-refractivity contribution < 1.29 is 22.4 Å². The predicted molar refractivity (Wildman–Crippen MR) is 118 cm³/mol. The van der Waals surface area contributed by atoms with Crippen LogP contribution in [0.1, 0.15) is 10.4 Å². The summed E-state index contributed by atoms with van der Waals surface area (Å²) in [6, 6.07) is 21.1. The Labute approximate surface area is 184 Å². The van der Waals surface area contributed by atoms with Crippen LogP contribution in [0.3, 0.4) is 0 Å². The number of sulfonamides is 1. The molecule has 0 radical (unpaired) electrons. The van der Waals surface area contributed by atoms with Crippen molar-refractivity contribution >= 4 is 27.6 Å². The fourth-order valence-corrected chi connectivity index (χ4v) is 3.88. The second-order valence-electron chi connectivity index (χ2n) is 6.59. The summed E-state index contributed by atoms with van der Waals surface area (Å²) in [4.78, 5) is 12.7. The Morgan fingerprint density at radius 3 is 2.41 bits per heavy atom. The molecule has 4 rings (SSSR count). The smallest absolute Gasteiger partial charge is 0.322 e. The molecule has 4 aromatic rings. The minimum atomic E-state index is -3.85. The minimum absolute atomic E-state index is 0.0625. The average molecular weight is 450 g/mol. The number of amides is 1. The molecular weight excluding hydrogens is 432 g/mol. The molecule has 0 fully saturated rings. The van der Waals surface area contributed by atoms with Crippen LogP contribution in [0, 0.1) is 0 Å². The summed E-state index contributed by atoms with van der Waals surface area (Å²) in [7, 11) is -2.35. The summed E-state index contributed by atoms with van der Waals surface area (Å²) in [6.07, 6.45) is 0. The van der Waals surface area contributed by atoms with Crippen molar-refractivity contribution in [1.82, 2.24) is 10.2 Å². The molecule has 3 aromatic carbocycles. The number of nitrogens with zero attached hydrogens (tertiary/aromatic N) is 2. The summed E-state index contributed by atoms with van der Waals surface area (Å²) < 4.78 is 38.2. The molecule has 1 aromatic heterocycles. The maximum absolute atomic E-state index is 12.6. The van der Waals surface area contributed by atoms with Crippen molar-refractivity contribution in [2.75, 3.05) is 17.1 Å². The van der Waals surface area contributed by atoms with Crippen molar-refractivity contribution in [1.29, 1.82) is 0 Å². The van der Waals surface area contributed by atoms with Crippen molar-refractivity contribution in [2.24, 2.45) is 0 Å². The first-order chi connectivity index (χ1) is 15.4. The van der Waals surface area contributed by atoms with Crippen LogP contribution < -0.4 is 14.8 Å². The van der Waals surface area contributed by atoms with E-state index >= 15 is 0 Å². The van der Waals surface area contributed by atoms with E-state index in [0.29, 0.717) is 5.75 Å². The zero-order valence-corrected chi connectivity index (χ0v) is 17.7. The molecule has 0 saturated carbocycles. The molecule has 0 aliphatic heterocycles. The highest BCUT2D eigenvalue weighted by Gasteiger charge is 2.17. The van der Waals surface area contributed by atoms with Gasteiger partial charge in [-0.15, -0.1) is 5.10 Å². The first-order valence-corrected chi connectivity index (χ1v) is 10.9. The van der Waals surface area contributed by atoms with Gasteiger partial charge in [0.15, 0.2) is 0 Å². The molecule has 10 heteroatoms. The molecular formula is C22H18N4O5S. The lowest BCUT2D eigenvalue weighted by atomic mass is 10.2. The number of benzene rings is 3. The van der Waals surface area contributed by atoms with Crippen molar-refractivity contribution in [2.45, 2.75) is 4.90 Å². The fraction of sp³-hybridized carbons (Fsp3) is 0.0455. The SMILES string of the molecule is COc1ccc(S(=O)(=O)Nc2cccc(C(=O)Nc3nnc(-c4ccccc4)o3)c2)cc1. The lowest BCUT2D eigenvalue weighted by molar-refractivity contribution is 0.102. The Hall–Kier alpha value is -4.18. The van der Waals surface area contributed by atoms with Crippen molar-refractivity contribution in [3.05, 3.63) is 84.4 Å². The zero-order chi connectivity index (χ0) is 22.6.